The Morgan fingerprint density at radius 2 is 1.86 bits per heavy atom. The molecule has 7 heteroatoms. The molecule has 5 nitrogen and oxygen atoms in total. The number of carbonyl (C=O) groups is 2. The Morgan fingerprint density at radius 3 is 2.48 bits per heavy atom. The fraction of sp³-hybridized carbons (Fsp3) is 0.0714. The van der Waals surface area contributed by atoms with E-state index in [1.807, 2.05) is 0 Å². The minimum Gasteiger partial charge on any atom is -0.477 e. The first-order valence-electron chi connectivity index (χ1n) is 5.91. The van der Waals surface area contributed by atoms with Gasteiger partial charge in [0.1, 0.15) is 4.88 Å². The second-order valence-corrected chi connectivity index (χ2v) is 5.58. The standard InChI is InChI=1S/C14H11ClN2O3S/c1-8(11-6-7-12(21-11)14(19)20)16-17-13(18)9-4-2-3-5-10(9)15/h2-7H,1H3,(H,17,18)(H,19,20)/b16-8-. The summed E-state index contributed by atoms with van der Waals surface area (Å²) in [6.45, 7) is 1.68. The zero-order valence-electron chi connectivity index (χ0n) is 11.0. The van der Waals surface area contributed by atoms with Gasteiger partial charge < -0.3 is 5.11 Å². The number of rotatable bonds is 4. The van der Waals surface area contributed by atoms with E-state index in [0.717, 1.165) is 11.3 Å². The van der Waals surface area contributed by atoms with Crippen LogP contribution in [0, 0.1) is 0 Å². The number of carboxylic acids is 1. The molecule has 1 aromatic heterocycles. The maximum Gasteiger partial charge on any atom is 0.345 e. The average molecular weight is 323 g/mol. The Hall–Kier alpha value is -2.18. The number of thiophene rings is 1. The fourth-order valence-corrected chi connectivity index (χ4v) is 2.55. The van der Waals surface area contributed by atoms with Gasteiger partial charge in [0.25, 0.3) is 5.91 Å². The Balaban J connectivity index is 2.11. The molecule has 1 aromatic carbocycles. The summed E-state index contributed by atoms with van der Waals surface area (Å²) in [5, 5.41) is 13.2. The number of aromatic carboxylic acids is 1. The van der Waals surface area contributed by atoms with E-state index < -0.39 is 11.9 Å². The number of hydrazone groups is 1. The summed E-state index contributed by atoms with van der Waals surface area (Å²) < 4.78 is 0. The van der Waals surface area contributed by atoms with Gasteiger partial charge in [-0.25, -0.2) is 10.2 Å². The van der Waals surface area contributed by atoms with E-state index in [0.29, 0.717) is 21.2 Å². The fourth-order valence-electron chi connectivity index (χ4n) is 1.54. The van der Waals surface area contributed by atoms with Crippen LogP contribution in [0.5, 0.6) is 0 Å². The first-order chi connectivity index (χ1) is 9.99. The predicted molar refractivity (Wildman–Crippen MR) is 82.4 cm³/mol. The maximum atomic E-state index is 11.9. The number of hydrogen-bond donors (Lipinski definition) is 2. The van der Waals surface area contributed by atoms with Crippen molar-refractivity contribution in [2.75, 3.05) is 0 Å². The number of hydrogen-bond acceptors (Lipinski definition) is 4. The normalized spacial score (nSPS) is 11.2. The first kappa shape index (κ1) is 15.2. The molecule has 0 aliphatic heterocycles. The third kappa shape index (κ3) is 3.68. The van der Waals surface area contributed by atoms with Gasteiger partial charge in [-0.2, -0.15) is 5.10 Å². The van der Waals surface area contributed by atoms with E-state index >= 15 is 0 Å². The highest BCUT2D eigenvalue weighted by atomic mass is 35.5. The van der Waals surface area contributed by atoms with E-state index in [-0.39, 0.29) is 4.88 Å². The van der Waals surface area contributed by atoms with Crippen molar-refractivity contribution in [1.82, 2.24) is 5.43 Å². The highest BCUT2D eigenvalue weighted by Crippen LogP contribution is 2.17. The number of benzene rings is 1. The molecule has 0 saturated heterocycles. The van der Waals surface area contributed by atoms with Gasteiger partial charge in [0.15, 0.2) is 0 Å². The molecule has 21 heavy (non-hydrogen) atoms. The van der Waals surface area contributed by atoms with Crippen molar-refractivity contribution < 1.29 is 14.7 Å². The summed E-state index contributed by atoms with van der Waals surface area (Å²) in [6.07, 6.45) is 0. The summed E-state index contributed by atoms with van der Waals surface area (Å²) in [4.78, 5) is 23.6. The molecule has 0 saturated carbocycles. The van der Waals surface area contributed by atoms with Gasteiger partial charge in [0.05, 0.1) is 21.2 Å². The summed E-state index contributed by atoms with van der Waals surface area (Å²) in [5.74, 6) is -1.41. The highest BCUT2D eigenvalue weighted by Gasteiger charge is 2.11. The average Bonchev–Trinajstić information content (AvgIpc) is 2.95. The Kier molecular flexibility index (Phi) is 4.72. The minimum atomic E-state index is -0.987. The predicted octanol–water partition coefficient (Wildman–Crippen LogP) is 3.25. The van der Waals surface area contributed by atoms with Crippen LogP contribution >= 0.6 is 22.9 Å². The lowest BCUT2D eigenvalue weighted by Gasteiger charge is -2.03. The molecule has 0 aliphatic carbocycles. The molecule has 108 valence electrons. The van der Waals surface area contributed by atoms with Crippen LogP contribution < -0.4 is 5.43 Å². The second-order valence-electron chi connectivity index (χ2n) is 4.09. The van der Waals surface area contributed by atoms with E-state index in [1.165, 1.54) is 6.07 Å². The van der Waals surface area contributed by atoms with Crippen LogP contribution in [0.2, 0.25) is 5.02 Å². The quantitative estimate of drug-likeness (QED) is 0.670. The minimum absolute atomic E-state index is 0.219. The molecule has 0 bridgehead atoms. The van der Waals surface area contributed by atoms with Crippen LogP contribution in [0.4, 0.5) is 0 Å². The van der Waals surface area contributed by atoms with Crippen LogP contribution in [0.1, 0.15) is 31.8 Å². The van der Waals surface area contributed by atoms with Crippen molar-refractivity contribution in [1.29, 1.82) is 0 Å². The summed E-state index contributed by atoms with van der Waals surface area (Å²) in [7, 11) is 0. The SMILES string of the molecule is C/C(=N/NC(=O)c1ccccc1Cl)c1ccc(C(=O)O)s1. The van der Waals surface area contributed by atoms with E-state index in [2.05, 4.69) is 10.5 Å². The molecule has 0 fully saturated rings. The van der Waals surface area contributed by atoms with Crippen molar-refractivity contribution in [3.63, 3.8) is 0 Å². The van der Waals surface area contributed by atoms with Crippen molar-refractivity contribution in [3.8, 4) is 0 Å². The van der Waals surface area contributed by atoms with Crippen LogP contribution in [0.15, 0.2) is 41.5 Å². The Bertz CT molecular complexity index is 725. The van der Waals surface area contributed by atoms with Gasteiger partial charge in [0, 0.05) is 0 Å². The summed E-state index contributed by atoms with van der Waals surface area (Å²) in [5.41, 5.74) is 3.25. The zero-order chi connectivity index (χ0) is 15.4. The van der Waals surface area contributed by atoms with Crippen molar-refractivity contribution >= 4 is 40.5 Å². The van der Waals surface area contributed by atoms with Crippen LogP contribution in [0.3, 0.4) is 0 Å². The van der Waals surface area contributed by atoms with Gasteiger partial charge in [-0.3, -0.25) is 4.79 Å². The third-order valence-corrected chi connectivity index (χ3v) is 4.13. The molecule has 0 unspecified atom stereocenters. The molecule has 0 radical (unpaired) electrons. The third-order valence-electron chi connectivity index (χ3n) is 2.62. The molecule has 2 rings (SSSR count). The first-order valence-corrected chi connectivity index (χ1v) is 7.11. The number of nitrogens with zero attached hydrogens (tertiary/aromatic N) is 1. The molecule has 0 aliphatic rings. The van der Waals surface area contributed by atoms with Crippen LogP contribution in [-0.2, 0) is 0 Å². The largest absolute Gasteiger partial charge is 0.477 e. The van der Waals surface area contributed by atoms with Crippen molar-refractivity contribution in [2.45, 2.75) is 6.92 Å². The summed E-state index contributed by atoms with van der Waals surface area (Å²) >= 11 is 7.01. The molecule has 2 aromatic rings. The lowest BCUT2D eigenvalue weighted by Crippen LogP contribution is -2.19. The van der Waals surface area contributed by atoms with E-state index in [1.54, 1.807) is 37.3 Å². The van der Waals surface area contributed by atoms with Gasteiger partial charge in [-0.05, 0) is 31.2 Å². The van der Waals surface area contributed by atoms with Gasteiger partial charge in [0.2, 0.25) is 0 Å². The monoisotopic (exact) mass is 322 g/mol. The lowest BCUT2D eigenvalue weighted by atomic mass is 10.2. The molecule has 1 heterocycles. The van der Waals surface area contributed by atoms with Crippen LogP contribution in [-0.4, -0.2) is 22.7 Å². The Labute approximate surface area is 129 Å². The second kappa shape index (κ2) is 6.51. The van der Waals surface area contributed by atoms with Gasteiger partial charge in [-0.15, -0.1) is 11.3 Å². The van der Waals surface area contributed by atoms with Gasteiger partial charge in [-0.1, -0.05) is 23.7 Å². The molecule has 0 spiro atoms. The number of amides is 1. The smallest absolute Gasteiger partial charge is 0.345 e. The van der Waals surface area contributed by atoms with E-state index in [9.17, 15) is 9.59 Å². The Morgan fingerprint density at radius 1 is 1.19 bits per heavy atom. The molecule has 1 amide bonds. The number of carboxylic acid groups (broad SMARTS) is 1. The number of nitrogens with one attached hydrogen (secondary N) is 1. The number of carbonyl (C=O) groups excluding carboxylic acids is 1. The topological polar surface area (TPSA) is 78.8 Å². The molecular weight excluding hydrogens is 312 g/mol. The van der Waals surface area contributed by atoms with Crippen molar-refractivity contribution in [3.05, 3.63) is 56.7 Å². The van der Waals surface area contributed by atoms with Crippen LogP contribution in [0.25, 0.3) is 0 Å². The molecule has 2 N–H and O–H groups in total. The van der Waals surface area contributed by atoms with Crippen molar-refractivity contribution in [2.24, 2.45) is 5.10 Å². The molecular formula is C14H11ClN2O3S. The summed E-state index contributed by atoms with van der Waals surface area (Å²) in [6, 6.07) is 9.79. The maximum absolute atomic E-state index is 11.9. The highest BCUT2D eigenvalue weighted by molar-refractivity contribution is 7.15. The number of halogens is 1. The lowest BCUT2D eigenvalue weighted by molar-refractivity contribution is 0.0702. The van der Waals surface area contributed by atoms with E-state index in [4.69, 9.17) is 16.7 Å². The van der Waals surface area contributed by atoms with Gasteiger partial charge >= 0.3 is 5.97 Å². The molecule has 0 atom stereocenters. The zero-order valence-corrected chi connectivity index (χ0v) is 12.5.